The minimum Gasteiger partial charge on any atom is -0.497 e. The highest BCUT2D eigenvalue weighted by atomic mass is 32.2. The summed E-state index contributed by atoms with van der Waals surface area (Å²) in [5.41, 5.74) is 0.574. The van der Waals surface area contributed by atoms with Crippen LogP contribution in [0.5, 0.6) is 5.75 Å². The summed E-state index contributed by atoms with van der Waals surface area (Å²) in [5.74, 6) is 0.785. The Morgan fingerprint density at radius 2 is 1.89 bits per heavy atom. The molecule has 0 unspecified atom stereocenters. The van der Waals surface area contributed by atoms with Gasteiger partial charge in [0.15, 0.2) is 0 Å². The van der Waals surface area contributed by atoms with E-state index in [-0.39, 0.29) is 5.22 Å². The molecule has 0 aliphatic carbocycles. The Bertz CT molecular complexity index is 783. The number of hydrogen-bond acceptors (Lipinski definition) is 7. The van der Waals surface area contributed by atoms with Gasteiger partial charge in [-0.25, -0.2) is 4.79 Å². The van der Waals surface area contributed by atoms with Crippen molar-refractivity contribution >= 4 is 23.7 Å². The molecule has 146 valence electrons. The van der Waals surface area contributed by atoms with E-state index in [2.05, 4.69) is 20.8 Å². The predicted octanol–water partition coefficient (Wildman–Crippen LogP) is 2.77. The van der Waals surface area contributed by atoms with Crippen LogP contribution in [0.1, 0.15) is 39.1 Å². The van der Waals surface area contributed by atoms with Gasteiger partial charge in [-0.3, -0.25) is 10.1 Å². The van der Waals surface area contributed by atoms with E-state index < -0.39 is 22.7 Å². The summed E-state index contributed by atoms with van der Waals surface area (Å²) >= 11 is 1.10. The fourth-order valence-electron chi connectivity index (χ4n) is 2.07. The van der Waals surface area contributed by atoms with Crippen LogP contribution < -0.4 is 15.4 Å². The second kappa shape index (κ2) is 8.90. The molecule has 2 aromatic rings. The SMILES string of the molecule is COc1ccc(Cc2nnc(S[C@@H](C)C(=O)NC(=O)NC(C)(C)C)o2)cc1. The first-order valence-electron chi connectivity index (χ1n) is 8.41. The van der Waals surface area contributed by atoms with Crippen LogP contribution in [-0.2, 0) is 11.2 Å². The van der Waals surface area contributed by atoms with Gasteiger partial charge < -0.3 is 14.5 Å². The fourth-order valence-corrected chi connectivity index (χ4v) is 2.77. The molecule has 0 saturated carbocycles. The lowest BCUT2D eigenvalue weighted by Crippen LogP contribution is -2.49. The Morgan fingerprint density at radius 1 is 1.22 bits per heavy atom. The van der Waals surface area contributed by atoms with Crippen LogP contribution in [0.4, 0.5) is 4.79 Å². The minimum absolute atomic E-state index is 0.275. The molecule has 9 heteroatoms. The Hall–Kier alpha value is -2.55. The maximum absolute atomic E-state index is 12.1. The molecular weight excluding hydrogens is 368 g/mol. The molecule has 2 N–H and O–H groups in total. The number of carbonyl (C=O) groups excluding carboxylic acids is 2. The Morgan fingerprint density at radius 3 is 2.48 bits per heavy atom. The van der Waals surface area contributed by atoms with Crippen molar-refractivity contribution in [3.05, 3.63) is 35.7 Å². The van der Waals surface area contributed by atoms with E-state index in [1.54, 1.807) is 14.0 Å². The van der Waals surface area contributed by atoms with Gasteiger partial charge >= 0.3 is 6.03 Å². The topological polar surface area (TPSA) is 106 Å². The zero-order valence-corrected chi connectivity index (χ0v) is 16.8. The monoisotopic (exact) mass is 392 g/mol. The van der Waals surface area contributed by atoms with E-state index in [0.717, 1.165) is 23.1 Å². The molecule has 0 saturated heterocycles. The first kappa shape index (κ1) is 20.8. The van der Waals surface area contributed by atoms with Crippen LogP contribution in [0, 0.1) is 0 Å². The third kappa shape index (κ3) is 6.93. The Balaban J connectivity index is 1.88. The molecule has 0 spiro atoms. The molecular formula is C18H24N4O4S. The van der Waals surface area contributed by atoms with E-state index in [9.17, 15) is 9.59 Å². The maximum atomic E-state index is 12.1. The summed E-state index contributed by atoms with van der Waals surface area (Å²) in [6.45, 7) is 7.16. The van der Waals surface area contributed by atoms with E-state index in [1.807, 2.05) is 45.0 Å². The summed E-state index contributed by atoms with van der Waals surface area (Å²) < 4.78 is 10.7. The highest BCUT2D eigenvalue weighted by Crippen LogP contribution is 2.23. The van der Waals surface area contributed by atoms with Crippen LogP contribution in [0.3, 0.4) is 0 Å². The smallest absolute Gasteiger partial charge is 0.321 e. The second-order valence-electron chi connectivity index (χ2n) is 6.94. The van der Waals surface area contributed by atoms with Crippen LogP contribution in [0.25, 0.3) is 0 Å². The van der Waals surface area contributed by atoms with Crippen molar-refractivity contribution in [3.8, 4) is 5.75 Å². The van der Waals surface area contributed by atoms with Crippen LogP contribution >= 0.6 is 11.8 Å². The van der Waals surface area contributed by atoms with Crippen molar-refractivity contribution in [2.24, 2.45) is 0 Å². The van der Waals surface area contributed by atoms with Crippen molar-refractivity contribution in [2.45, 2.75) is 50.1 Å². The zero-order valence-electron chi connectivity index (χ0n) is 16.0. The fraction of sp³-hybridized carbons (Fsp3) is 0.444. The average molecular weight is 392 g/mol. The lowest BCUT2D eigenvalue weighted by molar-refractivity contribution is -0.119. The summed E-state index contributed by atoms with van der Waals surface area (Å²) in [6, 6.07) is 7.01. The molecule has 0 aliphatic heterocycles. The Labute approximate surface area is 162 Å². The van der Waals surface area contributed by atoms with Gasteiger partial charge in [0.05, 0.1) is 18.8 Å². The van der Waals surface area contributed by atoms with Crippen molar-refractivity contribution in [3.63, 3.8) is 0 Å². The van der Waals surface area contributed by atoms with E-state index in [4.69, 9.17) is 9.15 Å². The van der Waals surface area contributed by atoms with Gasteiger partial charge in [-0.05, 0) is 45.4 Å². The number of amides is 3. The van der Waals surface area contributed by atoms with Gasteiger partial charge in [-0.15, -0.1) is 10.2 Å². The van der Waals surface area contributed by atoms with Gasteiger partial charge in [0.1, 0.15) is 5.75 Å². The van der Waals surface area contributed by atoms with E-state index in [1.165, 1.54) is 0 Å². The number of nitrogens with one attached hydrogen (secondary N) is 2. The molecule has 27 heavy (non-hydrogen) atoms. The number of rotatable bonds is 6. The number of thioether (sulfide) groups is 1. The molecule has 0 aliphatic rings. The number of aromatic nitrogens is 2. The van der Waals surface area contributed by atoms with E-state index in [0.29, 0.717) is 12.3 Å². The van der Waals surface area contributed by atoms with Gasteiger partial charge in [0.25, 0.3) is 5.22 Å². The van der Waals surface area contributed by atoms with Gasteiger partial charge in [-0.2, -0.15) is 0 Å². The van der Waals surface area contributed by atoms with Gasteiger partial charge in [0.2, 0.25) is 11.8 Å². The number of ether oxygens (including phenoxy) is 1. The highest BCUT2D eigenvalue weighted by Gasteiger charge is 2.22. The number of benzene rings is 1. The summed E-state index contributed by atoms with van der Waals surface area (Å²) in [4.78, 5) is 23.9. The molecule has 3 amide bonds. The predicted molar refractivity (Wildman–Crippen MR) is 102 cm³/mol. The number of urea groups is 1. The van der Waals surface area contributed by atoms with Gasteiger partial charge in [0, 0.05) is 5.54 Å². The van der Waals surface area contributed by atoms with Gasteiger partial charge in [-0.1, -0.05) is 23.9 Å². The van der Waals surface area contributed by atoms with Crippen molar-refractivity contribution < 1.29 is 18.7 Å². The maximum Gasteiger partial charge on any atom is 0.321 e. The Kier molecular flexibility index (Phi) is 6.84. The molecule has 0 fully saturated rings. The lowest BCUT2D eigenvalue weighted by Gasteiger charge is -2.20. The standard InChI is InChI=1S/C18H24N4O4S/c1-11(15(23)19-16(24)20-18(2,3)4)27-17-22-21-14(26-17)10-12-6-8-13(25-5)9-7-12/h6-9,11H,10H2,1-5H3,(H2,19,20,23,24)/t11-/m0/s1. The van der Waals surface area contributed by atoms with Crippen LogP contribution in [0.15, 0.2) is 33.9 Å². The molecule has 1 aromatic carbocycles. The molecule has 0 radical (unpaired) electrons. The second-order valence-corrected chi connectivity index (χ2v) is 8.23. The number of carbonyl (C=O) groups is 2. The molecule has 2 rings (SSSR count). The normalized spacial score (nSPS) is 12.3. The largest absolute Gasteiger partial charge is 0.497 e. The van der Waals surface area contributed by atoms with Crippen molar-refractivity contribution in [1.82, 2.24) is 20.8 Å². The summed E-state index contributed by atoms with van der Waals surface area (Å²) in [5, 5.41) is 12.6. The average Bonchev–Trinajstić information content (AvgIpc) is 3.00. The summed E-state index contributed by atoms with van der Waals surface area (Å²) in [7, 11) is 1.61. The molecule has 1 aromatic heterocycles. The molecule has 0 bridgehead atoms. The zero-order chi connectivity index (χ0) is 20.0. The molecule has 1 atom stereocenters. The van der Waals surface area contributed by atoms with Crippen LogP contribution in [-0.4, -0.2) is 40.0 Å². The van der Waals surface area contributed by atoms with E-state index >= 15 is 0 Å². The lowest BCUT2D eigenvalue weighted by atomic mass is 10.1. The molecule has 8 nitrogen and oxygen atoms in total. The number of imide groups is 1. The third-order valence-electron chi connectivity index (χ3n) is 3.33. The summed E-state index contributed by atoms with van der Waals surface area (Å²) in [6.07, 6.45) is 0.478. The first-order chi connectivity index (χ1) is 12.7. The molecule has 1 heterocycles. The minimum atomic E-state index is -0.565. The number of methoxy groups -OCH3 is 1. The quantitative estimate of drug-likeness (QED) is 0.728. The number of hydrogen-bond donors (Lipinski definition) is 2. The number of nitrogens with zero attached hydrogens (tertiary/aromatic N) is 2. The van der Waals surface area contributed by atoms with Crippen LogP contribution in [0.2, 0.25) is 0 Å². The van der Waals surface area contributed by atoms with Crippen molar-refractivity contribution in [2.75, 3.05) is 7.11 Å². The highest BCUT2D eigenvalue weighted by molar-refractivity contribution is 8.00. The first-order valence-corrected chi connectivity index (χ1v) is 9.29. The van der Waals surface area contributed by atoms with Crippen molar-refractivity contribution in [1.29, 1.82) is 0 Å². The third-order valence-corrected chi connectivity index (χ3v) is 4.27.